The molecule has 1 aliphatic rings. The molecule has 1 heterocycles. The van der Waals surface area contributed by atoms with Crippen molar-refractivity contribution in [2.45, 2.75) is 51.6 Å². The van der Waals surface area contributed by atoms with Gasteiger partial charge in [-0.1, -0.05) is 30.6 Å². The Kier molecular flexibility index (Phi) is 9.16. The number of thioether (sulfide) groups is 1. The van der Waals surface area contributed by atoms with Crippen LogP contribution in [0.25, 0.3) is 10.2 Å². The Morgan fingerprint density at radius 2 is 2.00 bits per heavy atom. The fourth-order valence-corrected chi connectivity index (χ4v) is 5.33. The molecule has 0 saturated heterocycles. The highest BCUT2D eigenvalue weighted by molar-refractivity contribution is 8.00. The lowest BCUT2D eigenvalue weighted by molar-refractivity contribution is -0.143. The van der Waals surface area contributed by atoms with Crippen LogP contribution >= 0.6 is 23.1 Å². The zero-order chi connectivity index (χ0) is 22.9. The molecule has 0 spiro atoms. The van der Waals surface area contributed by atoms with Crippen LogP contribution < -0.4 is 14.9 Å². The zero-order valence-corrected chi connectivity index (χ0v) is 20.1. The van der Waals surface area contributed by atoms with Gasteiger partial charge in [0.05, 0.1) is 35.4 Å². The molecule has 1 saturated carbocycles. The fraction of sp³-hybridized carbons (Fsp3) is 0.545. The number of esters is 1. The first-order valence-corrected chi connectivity index (χ1v) is 12.7. The van der Waals surface area contributed by atoms with Crippen molar-refractivity contribution in [1.29, 1.82) is 0 Å². The number of thiazole rings is 1. The molecule has 8 nitrogen and oxygen atoms in total. The molecule has 1 N–H and O–H groups in total. The molecule has 3 rings (SSSR count). The third-order valence-corrected chi connectivity index (χ3v) is 7.09. The average molecular weight is 480 g/mol. The number of carbonyl (C=O) groups is 3. The average Bonchev–Trinajstić information content (AvgIpc) is 3.10. The van der Waals surface area contributed by atoms with Gasteiger partial charge in [0, 0.05) is 6.04 Å². The molecule has 10 heteroatoms. The highest BCUT2D eigenvalue weighted by Crippen LogP contribution is 2.23. The maximum Gasteiger partial charge on any atom is 0.326 e. The summed E-state index contributed by atoms with van der Waals surface area (Å²) in [5.41, 5.74) is 0.773. The molecule has 0 bridgehead atoms. The smallest absolute Gasteiger partial charge is 0.326 e. The normalized spacial score (nSPS) is 15.0. The van der Waals surface area contributed by atoms with Crippen molar-refractivity contribution >= 4 is 51.1 Å². The summed E-state index contributed by atoms with van der Waals surface area (Å²) in [7, 11) is 1.58. The number of nitrogens with one attached hydrogen (secondary N) is 1. The van der Waals surface area contributed by atoms with Gasteiger partial charge in [-0.2, -0.15) is 4.99 Å². The van der Waals surface area contributed by atoms with Crippen LogP contribution in [0.15, 0.2) is 23.2 Å². The van der Waals surface area contributed by atoms with Gasteiger partial charge in [0.15, 0.2) is 4.80 Å². The van der Waals surface area contributed by atoms with Crippen LogP contribution in [0, 0.1) is 0 Å². The van der Waals surface area contributed by atoms with Gasteiger partial charge in [-0.25, -0.2) is 0 Å². The Hall–Kier alpha value is -2.33. The maximum absolute atomic E-state index is 12.5. The molecule has 2 aromatic rings. The van der Waals surface area contributed by atoms with Crippen molar-refractivity contribution in [2.24, 2.45) is 4.99 Å². The minimum absolute atomic E-state index is 0.0385. The van der Waals surface area contributed by atoms with Crippen LogP contribution in [0.4, 0.5) is 0 Å². The van der Waals surface area contributed by atoms with Crippen molar-refractivity contribution < 1.29 is 23.9 Å². The van der Waals surface area contributed by atoms with Crippen LogP contribution in [0.5, 0.6) is 5.75 Å². The van der Waals surface area contributed by atoms with E-state index in [0.717, 1.165) is 35.9 Å². The number of benzene rings is 1. The van der Waals surface area contributed by atoms with Gasteiger partial charge >= 0.3 is 5.97 Å². The third kappa shape index (κ3) is 6.83. The lowest BCUT2D eigenvalue weighted by Crippen LogP contribution is -2.37. The van der Waals surface area contributed by atoms with E-state index >= 15 is 0 Å². The Labute approximate surface area is 195 Å². The first-order chi connectivity index (χ1) is 15.5. The van der Waals surface area contributed by atoms with Gasteiger partial charge in [-0.3, -0.25) is 14.4 Å². The molecular formula is C22H29N3O5S2. The quantitative estimate of drug-likeness (QED) is 0.555. The van der Waals surface area contributed by atoms with E-state index in [1.54, 1.807) is 24.7 Å². The first-order valence-electron chi connectivity index (χ1n) is 10.8. The second-order valence-electron chi connectivity index (χ2n) is 7.51. The standard InChI is InChI=1S/C22H29N3O5S2/c1-3-30-21(28)12-25-17-10-9-16(29-2)11-18(17)32-22(25)24-20(27)14-31-13-19(26)23-15-7-5-4-6-8-15/h9-11,15H,3-8,12-14H2,1-2H3,(H,23,26). The van der Waals surface area contributed by atoms with E-state index in [4.69, 9.17) is 9.47 Å². The lowest BCUT2D eigenvalue weighted by Gasteiger charge is -2.22. The number of amides is 2. The van der Waals surface area contributed by atoms with Gasteiger partial charge in [0.2, 0.25) is 5.91 Å². The van der Waals surface area contributed by atoms with E-state index in [1.165, 1.54) is 29.5 Å². The second kappa shape index (κ2) is 12.1. The largest absolute Gasteiger partial charge is 0.497 e. The summed E-state index contributed by atoms with van der Waals surface area (Å²) in [6.45, 7) is 1.99. The van der Waals surface area contributed by atoms with Crippen LogP contribution in [-0.4, -0.2) is 53.6 Å². The van der Waals surface area contributed by atoms with Gasteiger partial charge in [-0.15, -0.1) is 11.8 Å². The Balaban J connectivity index is 1.67. The number of hydrogen-bond acceptors (Lipinski definition) is 7. The molecule has 0 atom stereocenters. The van der Waals surface area contributed by atoms with E-state index in [0.29, 0.717) is 10.6 Å². The highest BCUT2D eigenvalue weighted by Gasteiger charge is 2.16. The number of carbonyl (C=O) groups excluding carboxylic acids is 3. The number of ether oxygens (including phenoxy) is 2. The van der Waals surface area contributed by atoms with E-state index in [-0.39, 0.29) is 42.5 Å². The molecule has 0 unspecified atom stereocenters. The molecule has 1 fully saturated rings. The van der Waals surface area contributed by atoms with E-state index in [1.807, 2.05) is 12.1 Å². The van der Waals surface area contributed by atoms with Crippen molar-refractivity contribution in [3.05, 3.63) is 23.0 Å². The molecule has 0 radical (unpaired) electrons. The molecule has 174 valence electrons. The van der Waals surface area contributed by atoms with Crippen LogP contribution in [0.2, 0.25) is 0 Å². The summed E-state index contributed by atoms with van der Waals surface area (Å²) in [6, 6.07) is 5.73. The molecule has 0 aliphatic heterocycles. The van der Waals surface area contributed by atoms with Gasteiger partial charge < -0.3 is 19.4 Å². The Morgan fingerprint density at radius 1 is 1.22 bits per heavy atom. The summed E-state index contributed by atoms with van der Waals surface area (Å²) < 4.78 is 12.9. The summed E-state index contributed by atoms with van der Waals surface area (Å²) in [5.74, 6) is 0.210. The highest BCUT2D eigenvalue weighted by atomic mass is 32.2. The number of fused-ring (bicyclic) bond motifs is 1. The fourth-order valence-electron chi connectivity index (χ4n) is 3.64. The molecule has 1 aromatic carbocycles. The minimum atomic E-state index is -0.398. The van der Waals surface area contributed by atoms with Crippen molar-refractivity contribution in [2.75, 3.05) is 25.2 Å². The Bertz CT molecular complexity index is 1020. The van der Waals surface area contributed by atoms with Crippen molar-refractivity contribution in [3.8, 4) is 5.75 Å². The predicted octanol–water partition coefficient (Wildman–Crippen LogP) is 2.88. The van der Waals surface area contributed by atoms with Crippen molar-refractivity contribution in [3.63, 3.8) is 0 Å². The van der Waals surface area contributed by atoms with Crippen molar-refractivity contribution in [1.82, 2.24) is 9.88 Å². The molecule has 1 aliphatic carbocycles. The number of aromatic nitrogens is 1. The van der Waals surface area contributed by atoms with Crippen LogP contribution in [-0.2, 0) is 25.7 Å². The Morgan fingerprint density at radius 3 is 2.72 bits per heavy atom. The molecular weight excluding hydrogens is 450 g/mol. The third-order valence-electron chi connectivity index (χ3n) is 5.13. The maximum atomic E-state index is 12.5. The number of rotatable bonds is 9. The van der Waals surface area contributed by atoms with E-state index < -0.39 is 5.97 Å². The predicted molar refractivity (Wildman–Crippen MR) is 126 cm³/mol. The van der Waals surface area contributed by atoms with Gasteiger partial charge in [0.1, 0.15) is 12.3 Å². The number of methoxy groups -OCH3 is 1. The van der Waals surface area contributed by atoms with Crippen LogP contribution in [0.1, 0.15) is 39.0 Å². The summed E-state index contributed by atoms with van der Waals surface area (Å²) in [4.78, 5) is 41.3. The minimum Gasteiger partial charge on any atom is -0.497 e. The first kappa shape index (κ1) is 24.3. The van der Waals surface area contributed by atoms with Crippen LogP contribution in [0.3, 0.4) is 0 Å². The summed E-state index contributed by atoms with van der Waals surface area (Å²) in [6.07, 6.45) is 5.60. The summed E-state index contributed by atoms with van der Waals surface area (Å²) in [5, 5.41) is 3.05. The van der Waals surface area contributed by atoms with Gasteiger partial charge in [0.25, 0.3) is 5.91 Å². The molecule has 2 amide bonds. The lowest BCUT2D eigenvalue weighted by atomic mass is 9.95. The number of nitrogens with zero attached hydrogens (tertiary/aromatic N) is 2. The number of hydrogen-bond donors (Lipinski definition) is 1. The molecule has 32 heavy (non-hydrogen) atoms. The SMILES string of the molecule is CCOC(=O)Cn1c(=NC(=O)CSCC(=O)NC2CCCCC2)sc2cc(OC)ccc21. The molecule has 1 aromatic heterocycles. The monoisotopic (exact) mass is 479 g/mol. The summed E-state index contributed by atoms with van der Waals surface area (Å²) >= 11 is 2.55. The van der Waals surface area contributed by atoms with E-state index in [9.17, 15) is 14.4 Å². The second-order valence-corrected chi connectivity index (χ2v) is 9.50. The van der Waals surface area contributed by atoms with Gasteiger partial charge in [-0.05, 0) is 38.0 Å². The topological polar surface area (TPSA) is 99.0 Å². The van der Waals surface area contributed by atoms with E-state index in [2.05, 4.69) is 10.3 Å². The zero-order valence-electron chi connectivity index (χ0n) is 18.4.